The van der Waals surface area contributed by atoms with E-state index in [9.17, 15) is 9.59 Å². The van der Waals surface area contributed by atoms with E-state index in [0.29, 0.717) is 16.5 Å². The van der Waals surface area contributed by atoms with Crippen LogP contribution in [0.5, 0.6) is 0 Å². The Kier molecular flexibility index (Phi) is 1.81. The number of carbonyl (C=O) groups is 2. The molecule has 0 aliphatic heterocycles. The maximum absolute atomic E-state index is 10.7. The van der Waals surface area contributed by atoms with E-state index in [1.54, 1.807) is 18.2 Å². The molecule has 0 bridgehead atoms. The lowest BCUT2D eigenvalue weighted by molar-refractivity contribution is 0.0699. The molecule has 0 spiro atoms. The first-order chi connectivity index (χ1) is 6.72. The Balaban J connectivity index is 2.71. The summed E-state index contributed by atoms with van der Waals surface area (Å²) in [4.78, 5) is 24.0. The Bertz CT molecular complexity index is 513. The minimum Gasteiger partial charge on any atom is -0.478 e. The minimum atomic E-state index is -0.977. The fraction of sp³-hybridized carbons (Fsp3) is 0. The summed E-state index contributed by atoms with van der Waals surface area (Å²) in [5.41, 5.74) is 1.40. The molecule has 0 fully saturated rings. The monoisotopic (exact) mass is 189 g/mol. The predicted molar refractivity (Wildman–Crippen MR) is 50.6 cm³/mol. The summed E-state index contributed by atoms with van der Waals surface area (Å²) < 4.78 is 0. The Hall–Kier alpha value is -2.10. The molecule has 14 heavy (non-hydrogen) atoms. The molecule has 0 saturated carbocycles. The maximum atomic E-state index is 10.7. The van der Waals surface area contributed by atoms with Crippen molar-refractivity contribution in [3.05, 3.63) is 35.5 Å². The molecule has 0 aliphatic carbocycles. The summed E-state index contributed by atoms with van der Waals surface area (Å²) in [5.74, 6) is -0.977. The van der Waals surface area contributed by atoms with Crippen molar-refractivity contribution >= 4 is 23.2 Å². The van der Waals surface area contributed by atoms with Gasteiger partial charge in [-0.3, -0.25) is 4.79 Å². The summed E-state index contributed by atoms with van der Waals surface area (Å²) in [6, 6.07) is 4.84. The Morgan fingerprint density at radius 2 is 2.21 bits per heavy atom. The van der Waals surface area contributed by atoms with Crippen molar-refractivity contribution in [2.24, 2.45) is 0 Å². The molecule has 70 valence electrons. The zero-order chi connectivity index (χ0) is 10.1. The summed E-state index contributed by atoms with van der Waals surface area (Å²) in [6.45, 7) is 0. The number of carboxylic acids is 1. The molecular formula is C10H7NO3. The van der Waals surface area contributed by atoms with Crippen LogP contribution in [0.1, 0.15) is 20.7 Å². The van der Waals surface area contributed by atoms with Gasteiger partial charge in [-0.05, 0) is 6.07 Å². The highest BCUT2D eigenvalue weighted by molar-refractivity contribution is 6.04. The van der Waals surface area contributed by atoms with Gasteiger partial charge in [0, 0.05) is 22.7 Å². The van der Waals surface area contributed by atoms with Crippen molar-refractivity contribution in [1.82, 2.24) is 4.98 Å². The highest BCUT2D eigenvalue weighted by Gasteiger charge is 2.09. The lowest BCUT2D eigenvalue weighted by Crippen LogP contribution is -1.93. The van der Waals surface area contributed by atoms with Crippen LogP contribution in [0, 0.1) is 0 Å². The van der Waals surface area contributed by atoms with E-state index in [-0.39, 0.29) is 5.56 Å². The highest BCUT2D eigenvalue weighted by atomic mass is 16.4. The Labute approximate surface area is 79.2 Å². The van der Waals surface area contributed by atoms with Crippen molar-refractivity contribution in [3.8, 4) is 0 Å². The number of aldehydes is 1. The lowest BCUT2D eigenvalue weighted by Gasteiger charge is -1.93. The Morgan fingerprint density at radius 3 is 2.86 bits per heavy atom. The molecule has 1 heterocycles. The van der Waals surface area contributed by atoms with Crippen LogP contribution in [0.2, 0.25) is 0 Å². The average Bonchev–Trinajstić information content (AvgIpc) is 2.59. The number of hydrogen-bond donors (Lipinski definition) is 2. The summed E-state index contributed by atoms with van der Waals surface area (Å²) in [5, 5.41) is 9.42. The zero-order valence-corrected chi connectivity index (χ0v) is 7.15. The van der Waals surface area contributed by atoms with E-state index >= 15 is 0 Å². The largest absolute Gasteiger partial charge is 0.478 e. The zero-order valence-electron chi connectivity index (χ0n) is 7.15. The number of fused-ring (bicyclic) bond motifs is 1. The molecule has 2 rings (SSSR count). The van der Waals surface area contributed by atoms with Gasteiger partial charge in [0.05, 0.1) is 5.56 Å². The number of nitrogens with one attached hydrogen (secondary N) is 1. The van der Waals surface area contributed by atoms with E-state index in [4.69, 9.17) is 5.11 Å². The van der Waals surface area contributed by atoms with E-state index in [2.05, 4.69) is 4.98 Å². The third-order valence-electron chi connectivity index (χ3n) is 2.07. The van der Waals surface area contributed by atoms with E-state index in [0.717, 1.165) is 6.29 Å². The topological polar surface area (TPSA) is 70.2 Å². The molecule has 0 aliphatic rings. The third kappa shape index (κ3) is 1.17. The molecule has 0 unspecified atom stereocenters. The van der Waals surface area contributed by atoms with E-state index in [1.807, 2.05) is 0 Å². The normalized spacial score (nSPS) is 10.3. The van der Waals surface area contributed by atoms with Gasteiger partial charge in [-0.25, -0.2) is 4.79 Å². The van der Waals surface area contributed by atoms with Gasteiger partial charge >= 0.3 is 5.97 Å². The smallest absolute Gasteiger partial charge is 0.337 e. The standard InChI is InChI=1S/C10H7NO3/c12-5-6-1-2-7-8(10(13)14)4-11-9(7)3-6/h1-5,11H,(H,13,14). The highest BCUT2D eigenvalue weighted by Crippen LogP contribution is 2.18. The minimum absolute atomic E-state index is 0.220. The van der Waals surface area contributed by atoms with Crippen LogP contribution in [0.4, 0.5) is 0 Å². The number of hydrogen-bond acceptors (Lipinski definition) is 2. The van der Waals surface area contributed by atoms with Gasteiger partial charge in [-0.1, -0.05) is 12.1 Å². The number of aromatic nitrogens is 1. The molecule has 0 amide bonds. The van der Waals surface area contributed by atoms with Crippen LogP contribution in [-0.4, -0.2) is 22.3 Å². The molecule has 0 saturated heterocycles. The quantitative estimate of drug-likeness (QED) is 0.706. The first-order valence-electron chi connectivity index (χ1n) is 4.02. The second-order valence-corrected chi connectivity index (χ2v) is 2.93. The van der Waals surface area contributed by atoms with Crippen LogP contribution in [0.3, 0.4) is 0 Å². The van der Waals surface area contributed by atoms with E-state index < -0.39 is 5.97 Å². The number of benzene rings is 1. The average molecular weight is 189 g/mol. The maximum Gasteiger partial charge on any atom is 0.337 e. The van der Waals surface area contributed by atoms with Gasteiger partial charge in [0.1, 0.15) is 6.29 Å². The number of aromatic amines is 1. The first kappa shape index (κ1) is 8.50. The molecular weight excluding hydrogens is 182 g/mol. The summed E-state index contributed by atoms with van der Waals surface area (Å²) >= 11 is 0. The molecule has 1 aromatic heterocycles. The fourth-order valence-corrected chi connectivity index (χ4v) is 1.39. The molecule has 0 atom stereocenters. The SMILES string of the molecule is O=Cc1ccc2c(C(=O)O)c[nH]c2c1. The number of carbonyl (C=O) groups excluding carboxylic acids is 1. The lowest BCUT2D eigenvalue weighted by atomic mass is 10.1. The molecule has 4 nitrogen and oxygen atoms in total. The van der Waals surface area contributed by atoms with Crippen LogP contribution in [-0.2, 0) is 0 Å². The van der Waals surface area contributed by atoms with Crippen molar-refractivity contribution in [2.75, 3.05) is 0 Å². The van der Waals surface area contributed by atoms with Gasteiger partial charge < -0.3 is 10.1 Å². The number of H-pyrrole nitrogens is 1. The molecule has 1 aromatic carbocycles. The molecule has 2 aromatic rings. The van der Waals surface area contributed by atoms with Crippen molar-refractivity contribution in [3.63, 3.8) is 0 Å². The number of aromatic carboxylic acids is 1. The summed E-state index contributed by atoms with van der Waals surface area (Å²) in [7, 11) is 0. The van der Waals surface area contributed by atoms with Crippen molar-refractivity contribution < 1.29 is 14.7 Å². The fourth-order valence-electron chi connectivity index (χ4n) is 1.39. The summed E-state index contributed by atoms with van der Waals surface area (Å²) in [6.07, 6.45) is 2.14. The predicted octanol–water partition coefficient (Wildman–Crippen LogP) is 1.68. The van der Waals surface area contributed by atoms with Crippen molar-refractivity contribution in [1.29, 1.82) is 0 Å². The Morgan fingerprint density at radius 1 is 1.43 bits per heavy atom. The first-order valence-corrected chi connectivity index (χ1v) is 4.02. The van der Waals surface area contributed by atoms with Gasteiger partial charge in [0.25, 0.3) is 0 Å². The third-order valence-corrected chi connectivity index (χ3v) is 2.07. The van der Waals surface area contributed by atoms with Gasteiger partial charge in [0.2, 0.25) is 0 Å². The van der Waals surface area contributed by atoms with Crippen molar-refractivity contribution in [2.45, 2.75) is 0 Å². The molecule has 4 heteroatoms. The van der Waals surface area contributed by atoms with Gasteiger partial charge in [0.15, 0.2) is 0 Å². The number of carboxylic acid groups (broad SMARTS) is 1. The van der Waals surface area contributed by atoms with Crippen LogP contribution in [0.15, 0.2) is 24.4 Å². The van der Waals surface area contributed by atoms with E-state index in [1.165, 1.54) is 6.20 Å². The second kappa shape index (κ2) is 2.99. The molecule has 2 N–H and O–H groups in total. The second-order valence-electron chi connectivity index (χ2n) is 2.93. The van der Waals surface area contributed by atoms with Gasteiger partial charge in [-0.2, -0.15) is 0 Å². The van der Waals surface area contributed by atoms with Crippen LogP contribution in [0.25, 0.3) is 10.9 Å². The number of rotatable bonds is 2. The van der Waals surface area contributed by atoms with Gasteiger partial charge in [-0.15, -0.1) is 0 Å². The molecule has 0 radical (unpaired) electrons. The van der Waals surface area contributed by atoms with Crippen LogP contribution < -0.4 is 0 Å². The van der Waals surface area contributed by atoms with Crippen LogP contribution >= 0.6 is 0 Å².